The van der Waals surface area contributed by atoms with E-state index in [2.05, 4.69) is 9.97 Å². The van der Waals surface area contributed by atoms with Gasteiger partial charge in [-0.15, -0.1) is 11.3 Å². The third-order valence-electron chi connectivity index (χ3n) is 2.49. The summed E-state index contributed by atoms with van der Waals surface area (Å²) < 4.78 is 5.53. The predicted molar refractivity (Wildman–Crippen MR) is 78.1 cm³/mol. The summed E-state index contributed by atoms with van der Waals surface area (Å²) in [6, 6.07) is 1.51. The number of nitrogens with zero attached hydrogens (tertiary/aromatic N) is 2. The summed E-state index contributed by atoms with van der Waals surface area (Å²) in [5.41, 5.74) is 6.61. The maximum atomic E-state index is 12.3. The van der Waals surface area contributed by atoms with Gasteiger partial charge in [0.2, 0.25) is 5.78 Å². The lowest BCUT2D eigenvalue weighted by atomic mass is 10.1. The van der Waals surface area contributed by atoms with Crippen LogP contribution in [0, 0.1) is 0 Å². The summed E-state index contributed by atoms with van der Waals surface area (Å²) in [5.74, 6) is 0.406. The number of hydrogen-bond acceptors (Lipinski definition) is 6. The highest BCUT2D eigenvalue weighted by molar-refractivity contribution is 7.09. The predicted octanol–water partition coefficient (Wildman–Crippen LogP) is 2.58. The molecule has 0 aliphatic rings. The standard InChI is InChI=1S/C14H17N3O2S/c1-8(2)19-11-4-10(5-16-6-11)13(18)12-7-20-14(17-12)9(3)15/h4-9H,15H2,1-3H3. The molecule has 0 saturated heterocycles. The number of pyridine rings is 1. The molecule has 1 unspecified atom stereocenters. The van der Waals surface area contributed by atoms with E-state index in [0.29, 0.717) is 17.0 Å². The molecule has 2 heterocycles. The first-order valence-corrected chi connectivity index (χ1v) is 7.22. The Labute approximate surface area is 121 Å². The van der Waals surface area contributed by atoms with Gasteiger partial charge in [0, 0.05) is 17.1 Å². The van der Waals surface area contributed by atoms with Crippen molar-refractivity contribution >= 4 is 17.1 Å². The average molecular weight is 291 g/mol. The molecular weight excluding hydrogens is 274 g/mol. The fourth-order valence-electron chi connectivity index (χ4n) is 1.63. The number of carbonyl (C=O) groups excluding carboxylic acids is 1. The fourth-order valence-corrected chi connectivity index (χ4v) is 2.39. The Morgan fingerprint density at radius 3 is 2.70 bits per heavy atom. The van der Waals surface area contributed by atoms with Crippen LogP contribution in [0.4, 0.5) is 0 Å². The van der Waals surface area contributed by atoms with Crippen molar-refractivity contribution in [3.63, 3.8) is 0 Å². The molecule has 0 spiro atoms. The zero-order valence-corrected chi connectivity index (χ0v) is 12.5. The molecule has 5 nitrogen and oxygen atoms in total. The highest BCUT2D eigenvalue weighted by Gasteiger charge is 2.16. The molecule has 0 aliphatic carbocycles. The Kier molecular flexibility index (Phi) is 4.46. The van der Waals surface area contributed by atoms with Gasteiger partial charge in [-0.05, 0) is 26.8 Å². The normalized spacial score (nSPS) is 12.4. The Morgan fingerprint density at radius 2 is 2.10 bits per heavy atom. The van der Waals surface area contributed by atoms with Crippen molar-refractivity contribution < 1.29 is 9.53 Å². The van der Waals surface area contributed by atoms with E-state index >= 15 is 0 Å². The van der Waals surface area contributed by atoms with Crippen molar-refractivity contribution in [3.05, 3.63) is 40.1 Å². The first-order chi connectivity index (χ1) is 9.47. The van der Waals surface area contributed by atoms with Crippen LogP contribution < -0.4 is 10.5 Å². The molecule has 20 heavy (non-hydrogen) atoms. The molecule has 2 rings (SSSR count). The second-order valence-corrected chi connectivity index (χ2v) is 5.65. The molecule has 0 aromatic carbocycles. The number of rotatable bonds is 5. The smallest absolute Gasteiger partial charge is 0.213 e. The molecule has 0 radical (unpaired) electrons. The Hall–Kier alpha value is -1.79. The fraction of sp³-hybridized carbons (Fsp3) is 0.357. The minimum Gasteiger partial charge on any atom is -0.489 e. The van der Waals surface area contributed by atoms with E-state index in [4.69, 9.17) is 10.5 Å². The number of hydrogen-bond donors (Lipinski definition) is 1. The minimum absolute atomic E-state index is 0.0334. The van der Waals surface area contributed by atoms with Gasteiger partial charge < -0.3 is 10.5 Å². The molecule has 6 heteroatoms. The van der Waals surface area contributed by atoms with Gasteiger partial charge in [-0.3, -0.25) is 9.78 Å². The van der Waals surface area contributed by atoms with Crippen LogP contribution in [0.3, 0.4) is 0 Å². The highest BCUT2D eigenvalue weighted by Crippen LogP contribution is 2.20. The number of carbonyl (C=O) groups is 1. The van der Waals surface area contributed by atoms with E-state index in [1.54, 1.807) is 17.6 Å². The molecule has 0 amide bonds. The van der Waals surface area contributed by atoms with Gasteiger partial charge in [0.05, 0.1) is 18.3 Å². The average Bonchev–Trinajstić information content (AvgIpc) is 2.87. The molecule has 2 aromatic heterocycles. The van der Waals surface area contributed by atoms with Crippen LogP contribution in [-0.4, -0.2) is 21.9 Å². The number of ether oxygens (including phenoxy) is 1. The van der Waals surface area contributed by atoms with Gasteiger partial charge in [-0.2, -0.15) is 0 Å². The summed E-state index contributed by atoms with van der Waals surface area (Å²) in [6.45, 7) is 5.68. The van der Waals surface area contributed by atoms with Gasteiger partial charge in [0.25, 0.3) is 0 Å². The van der Waals surface area contributed by atoms with Gasteiger partial charge in [-0.25, -0.2) is 4.98 Å². The van der Waals surface area contributed by atoms with E-state index in [9.17, 15) is 4.79 Å². The minimum atomic E-state index is -0.171. The molecule has 0 fully saturated rings. The largest absolute Gasteiger partial charge is 0.489 e. The van der Waals surface area contributed by atoms with Crippen LogP contribution >= 0.6 is 11.3 Å². The molecule has 2 aromatic rings. The van der Waals surface area contributed by atoms with Gasteiger partial charge in [0.15, 0.2) is 0 Å². The molecule has 1 atom stereocenters. The monoisotopic (exact) mass is 291 g/mol. The van der Waals surface area contributed by atoms with Crippen molar-refractivity contribution in [2.75, 3.05) is 0 Å². The number of thiazole rings is 1. The number of nitrogens with two attached hydrogens (primary N) is 1. The van der Waals surface area contributed by atoms with Crippen molar-refractivity contribution in [3.8, 4) is 5.75 Å². The topological polar surface area (TPSA) is 78.1 Å². The van der Waals surface area contributed by atoms with Crippen molar-refractivity contribution in [1.29, 1.82) is 0 Å². The summed E-state index contributed by atoms with van der Waals surface area (Å²) in [6.07, 6.45) is 3.14. The lowest BCUT2D eigenvalue weighted by Gasteiger charge is -2.09. The Morgan fingerprint density at radius 1 is 1.35 bits per heavy atom. The molecule has 0 bridgehead atoms. The molecule has 0 saturated carbocycles. The van der Waals surface area contributed by atoms with Crippen LogP contribution in [0.25, 0.3) is 0 Å². The van der Waals surface area contributed by atoms with E-state index in [-0.39, 0.29) is 17.9 Å². The zero-order valence-electron chi connectivity index (χ0n) is 11.7. The maximum Gasteiger partial charge on any atom is 0.213 e. The van der Waals surface area contributed by atoms with Crippen LogP contribution in [0.5, 0.6) is 5.75 Å². The van der Waals surface area contributed by atoms with E-state index in [1.165, 1.54) is 17.5 Å². The van der Waals surface area contributed by atoms with E-state index in [1.807, 2.05) is 20.8 Å². The molecular formula is C14H17N3O2S. The first kappa shape index (κ1) is 14.6. The van der Waals surface area contributed by atoms with Gasteiger partial charge in [-0.1, -0.05) is 0 Å². The van der Waals surface area contributed by atoms with Crippen molar-refractivity contribution in [2.24, 2.45) is 5.73 Å². The van der Waals surface area contributed by atoms with Gasteiger partial charge in [0.1, 0.15) is 16.5 Å². The SMILES string of the molecule is CC(C)Oc1cncc(C(=O)c2csc(C(C)N)n2)c1. The molecule has 106 valence electrons. The summed E-state index contributed by atoms with van der Waals surface area (Å²) >= 11 is 1.39. The van der Waals surface area contributed by atoms with Crippen LogP contribution in [0.1, 0.15) is 47.9 Å². The van der Waals surface area contributed by atoms with Crippen molar-refractivity contribution in [2.45, 2.75) is 32.9 Å². The maximum absolute atomic E-state index is 12.3. The van der Waals surface area contributed by atoms with Crippen LogP contribution in [0.2, 0.25) is 0 Å². The lowest BCUT2D eigenvalue weighted by molar-refractivity contribution is 0.103. The van der Waals surface area contributed by atoms with Crippen LogP contribution in [0.15, 0.2) is 23.8 Å². The second-order valence-electron chi connectivity index (χ2n) is 4.76. The second kappa shape index (κ2) is 6.11. The Bertz CT molecular complexity index is 608. The molecule has 0 aliphatic heterocycles. The summed E-state index contributed by atoms with van der Waals surface area (Å²) in [7, 11) is 0. The third kappa shape index (κ3) is 3.40. The molecule has 2 N–H and O–H groups in total. The van der Waals surface area contributed by atoms with E-state index in [0.717, 1.165) is 5.01 Å². The summed E-state index contributed by atoms with van der Waals surface area (Å²) in [4.78, 5) is 20.6. The third-order valence-corrected chi connectivity index (χ3v) is 3.54. The first-order valence-electron chi connectivity index (χ1n) is 6.34. The highest BCUT2D eigenvalue weighted by atomic mass is 32.1. The summed E-state index contributed by atoms with van der Waals surface area (Å²) in [5, 5.41) is 2.47. The zero-order chi connectivity index (χ0) is 14.7. The van der Waals surface area contributed by atoms with E-state index < -0.39 is 0 Å². The number of aromatic nitrogens is 2. The van der Waals surface area contributed by atoms with Gasteiger partial charge >= 0.3 is 0 Å². The quantitative estimate of drug-likeness (QED) is 0.857. The number of ketones is 1. The lowest BCUT2D eigenvalue weighted by Crippen LogP contribution is -2.09. The van der Waals surface area contributed by atoms with Crippen LogP contribution in [-0.2, 0) is 0 Å². The van der Waals surface area contributed by atoms with Crippen molar-refractivity contribution in [1.82, 2.24) is 9.97 Å². The Balaban J connectivity index is 2.23.